The van der Waals surface area contributed by atoms with Gasteiger partial charge in [0.05, 0.1) is 11.1 Å². The highest BCUT2D eigenvalue weighted by Gasteiger charge is 2.45. The van der Waals surface area contributed by atoms with Crippen LogP contribution in [0.1, 0.15) is 61.4 Å². The van der Waals surface area contributed by atoms with Crippen molar-refractivity contribution in [3.05, 3.63) is 17.0 Å². The van der Waals surface area contributed by atoms with E-state index in [0.717, 1.165) is 64.8 Å². The van der Waals surface area contributed by atoms with Crippen molar-refractivity contribution in [3.63, 3.8) is 0 Å². The summed E-state index contributed by atoms with van der Waals surface area (Å²) in [7, 11) is 4.19. The van der Waals surface area contributed by atoms with Gasteiger partial charge in [0.15, 0.2) is 0 Å². The molecule has 6 nitrogen and oxygen atoms in total. The molecule has 1 aromatic heterocycles. The molecule has 26 heavy (non-hydrogen) atoms. The second-order valence-electron chi connectivity index (χ2n) is 8.54. The van der Waals surface area contributed by atoms with Crippen LogP contribution in [0.2, 0.25) is 0 Å². The Balaban J connectivity index is 1.51. The highest BCUT2D eigenvalue weighted by Crippen LogP contribution is 2.48. The predicted molar refractivity (Wildman–Crippen MR) is 102 cm³/mol. The third-order valence-corrected chi connectivity index (χ3v) is 6.84. The molecule has 0 unspecified atom stereocenters. The highest BCUT2D eigenvalue weighted by molar-refractivity contribution is 5.84. The number of aryl methyl sites for hydroxylation is 1. The number of carbonyl (C=O) groups excluding carboxylic acids is 1. The molecule has 2 aliphatic heterocycles. The Labute approximate surface area is 156 Å². The van der Waals surface area contributed by atoms with Gasteiger partial charge in [-0.3, -0.25) is 14.4 Å². The zero-order chi connectivity index (χ0) is 18.1. The average molecular weight is 360 g/mol. The number of amides is 1. The monoisotopic (exact) mass is 359 g/mol. The minimum atomic E-state index is -0.0589. The van der Waals surface area contributed by atoms with Gasteiger partial charge < -0.3 is 10.6 Å². The SMILES string of the molecule is CNCCN(C)Cc1nn2c(c1C1CCC3(CCNC3=O)CC1)CCC2. The molecule has 2 N–H and O–H groups in total. The summed E-state index contributed by atoms with van der Waals surface area (Å²) in [6, 6.07) is 0. The lowest BCUT2D eigenvalue weighted by Gasteiger charge is -2.35. The van der Waals surface area contributed by atoms with Crippen LogP contribution in [0.3, 0.4) is 0 Å². The van der Waals surface area contributed by atoms with Crippen LogP contribution >= 0.6 is 0 Å². The summed E-state index contributed by atoms with van der Waals surface area (Å²) < 4.78 is 2.27. The Hall–Kier alpha value is -1.40. The quantitative estimate of drug-likeness (QED) is 0.811. The first-order valence-corrected chi connectivity index (χ1v) is 10.3. The lowest BCUT2D eigenvalue weighted by Crippen LogP contribution is -2.35. The number of carbonyl (C=O) groups is 1. The fraction of sp³-hybridized carbons (Fsp3) is 0.800. The number of likely N-dealkylation sites (N-methyl/N-ethyl adjacent to an activating group) is 2. The number of hydrogen-bond acceptors (Lipinski definition) is 4. The zero-order valence-corrected chi connectivity index (χ0v) is 16.3. The second kappa shape index (κ2) is 7.31. The van der Waals surface area contributed by atoms with Gasteiger partial charge in [0.25, 0.3) is 0 Å². The average Bonchev–Trinajstić information content (AvgIpc) is 3.30. The number of nitrogens with zero attached hydrogens (tertiary/aromatic N) is 3. The van der Waals surface area contributed by atoms with Crippen molar-refractivity contribution < 1.29 is 4.79 Å². The fourth-order valence-electron chi connectivity index (χ4n) is 5.29. The Morgan fingerprint density at radius 1 is 1.35 bits per heavy atom. The van der Waals surface area contributed by atoms with Crippen molar-refractivity contribution >= 4 is 5.91 Å². The molecule has 1 aliphatic carbocycles. The second-order valence-corrected chi connectivity index (χ2v) is 8.54. The van der Waals surface area contributed by atoms with Gasteiger partial charge in [0, 0.05) is 44.0 Å². The summed E-state index contributed by atoms with van der Waals surface area (Å²) in [5.41, 5.74) is 4.25. The molecule has 1 amide bonds. The number of hydrogen-bond donors (Lipinski definition) is 2. The van der Waals surface area contributed by atoms with Gasteiger partial charge in [-0.2, -0.15) is 5.10 Å². The molecule has 3 aliphatic rings. The van der Waals surface area contributed by atoms with Crippen molar-refractivity contribution in [2.45, 2.75) is 64.0 Å². The topological polar surface area (TPSA) is 62.2 Å². The van der Waals surface area contributed by atoms with E-state index in [1.807, 2.05) is 7.05 Å². The molecule has 1 spiro atoms. The number of fused-ring (bicyclic) bond motifs is 1. The van der Waals surface area contributed by atoms with Crippen LogP contribution in [0.25, 0.3) is 0 Å². The smallest absolute Gasteiger partial charge is 0.226 e. The first-order chi connectivity index (χ1) is 12.6. The van der Waals surface area contributed by atoms with E-state index in [0.29, 0.717) is 11.8 Å². The van der Waals surface area contributed by atoms with Crippen molar-refractivity contribution in [3.8, 4) is 0 Å². The van der Waals surface area contributed by atoms with Crippen LogP contribution in [0.15, 0.2) is 0 Å². The van der Waals surface area contributed by atoms with Crippen LogP contribution < -0.4 is 10.6 Å². The van der Waals surface area contributed by atoms with Gasteiger partial charge in [0.1, 0.15) is 0 Å². The Morgan fingerprint density at radius 3 is 2.85 bits per heavy atom. The number of rotatable bonds is 6. The third-order valence-electron chi connectivity index (χ3n) is 6.84. The largest absolute Gasteiger partial charge is 0.356 e. The third kappa shape index (κ3) is 3.18. The van der Waals surface area contributed by atoms with Crippen LogP contribution in [0.4, 0.5) is 0 Å². The van der Waals surface area contributed by atoms with E-state index in [2.05, 4.69) is 27.3 Å². The molecule has 0 atom stereocenters. The van der Waals surface area contributed by atoms with Crippen LogP contribution in [-0.4, -0.2) is 54.3 Å². The van der Waals surface area contributed by atoms with Gasteiger partial charge in [0.2, 0.25) is 5.91 Å². The first kappa shape index (κ1) is 18.0. The molecule has 1 saturated heterocycles. The summed E-state index contributed by atoms with van der Waals surface area (Å²) in [6.07, 6.45) is 7.80. The highest BCUT2D eigenvalue weighted by atomic mass is 16.2. The van der Waals surface area contributed by atoms with Crippen LogP contribution in [0, 0.1) is 5.41 Å². The zero-order valence-electron chi connectivity index (χ0n) is 16.3. The summed E-state index contributed by atoms with van der Waals surface area (Å²) in [4.78, 5) is 14.7. The fourth-order valence-corrected chi connectivity index (χ4v) is 5.29. The Kier molecular flexibility index (Phi) is 5.06. The Bertz CT molecular complexity index is 659. The van der Waals surface area contributed by atoms with E-state index in [1.165, 1.54) is 29.8 Å². The molecule has 144 valence electrons. The normalized spacial score (nSPS) is 28.1. The van der Waals surface area contributed by atoms with E-state index >= 15 is 0 Å². The molecule has 0 aromatic carbocycles. The summed E-state index contributed by atoms with van der Waals surface area (Å²) in [5.74, 6) is 0.895. The van der Waals surface area contributed by atoms with E-state index < -0.39 is 0 Å². The van der Waals surface area contributed by atoms with Crippen molar-refractivity contribution in [1.29, 1.82) is 0 Å². The molecule has 1 aromatic rings. The molecular formula is C20H33N5O. The van der Waals surface area contributed by atoms with Crippen LogP contribution in [-0.2, 0) is 24.3 Å². The molecule has 6 heteroatoms. The first-order valence-electron chi connectivity index (χ1n) is 10.3. The number of nitrogens with one attached hydrogen (secondary N) is 2. The van der Waals surface area contributed by atoms with Gasteiger partial charge in [-0.15, -0.1) is 0 Å². The van der Waals surface area contributed by atoms with Crippen molar-refractivity contribution in [2.24, 2.45) is 5.41 Å². The minimum absolute atomic E-state index is 0.0589. The van der Waals surface area contributed by atoms with Crippen molar-refractivity contribution in [1.82, 2.24) is 25.3 Å². The number of aromatic nitrogens is 2. The summed E-state index contributed by atoms with van der Waals surface area (Å²) in [6.45, 7) is 4.90. The molecular weight excluding hydrogens is 326 g/mol. The molecule has 3 heterocycles. The standard InChI is InChI=1S/C20H33N5O/c1-21-11-13-24(2)14-16-18(17-4-3-12-25(17)23-16)15-5-7-20(8-6-15)9-10-22-19(20)26/h15,21H,3-14H2,1-2H3,(H,22,26). The van der Waals surface area contributed by atoms with Crippen LogP contribution in [0.5, 0.6) is 0 Å². The lowest BCUT2D eigenvalue weighted by molar-refractivity contribution is -0.129. The summed E-state index contributed by atoms with van der Waals surface area (Å²) in [5, 5.41) is 11.3. The maximum absolute atomic E-state index is 12.3. The van der Waals surface area contributed by atoms with E-state index in [4.69, 9.17) is 5.10 Å². The molecule has 0 bridgehead atoms. The van der Waals surface area contributed by atoms with E-state index in [1.54, 1.807) is 0 Å². The molecule has 4 rings (SSSR count). The van der Waals surface area contributed by atoms with E-state index in [9.17, 15) is 4.79 Å². The Morgan fingerprint density at radius 2 is 2.15 bits per heavy atom. The van der Waals surface area contributed by atoms with Gasteiger partial charge in [-0.1, -0.05) is 0 Å². The predicted octanol–water partition coefficient (Wildman–Crippen LogP) is 1.64. The van der Waals surface area contributed by atoms with Gasteiger partial charge >= 0.3 is 0 Å². The minimum Gasteiger partial charge on any atom is -0.356 e. The maximum atomic E-state index is 12.3. The van der Waals surface area contributed by atoms with Crippen molar-refractivity contribution in [2.75, 3.05) is 33.7 Å². The molecule has 1 saturated carbocycles. The van der Waals surface area contributed by atoms with Gasteiger partial charge in [-0.25, -0.2) is 0 Å². The van der Waals surface area contributed by atoms with E-state index in [-0.39, 0.29) is 5.41 Å². The summed E-state index contributed by atoms with van der Waals surface area (Å²) >= 11 is 0. The van der Waals surface area contributed by atoms with Gasteiger partial charge in [-0.05, 0) is 65.0 Å². The lowest BCUT2D eigenvalue weighted by atomic mass is 9.67. The molecule has 0 radical (unpaired) electrons. The molecule has 2 fully saturated rings. The maximum Gasteiger partial charge on any atom is 0.226 e.